The highest BCUT2D eigenvalue weighted by Crippen LogP contribution is 2.27. The molecule has 2 heterocycles. The minimum Gasteiger partial charge on any atom is -0.480 e. The quantitative estimate of drug-likeness (QED) is 0.923. The number of hydrogen-bond donors (Lipinski definition) is 1. The van der Waals surface area contributed by atoms with Gasteiger partial charge in [-0.3, -0.25) is 0 Å². The predicted octanol–water partition coefficient (Wildman–Crippen LogP) is 2.03. The van der Waals surface area contributed by atoms with Crippen LogP contribution in [-0.2, 0) is 9.53 Å². The van der Waals surface area contributed by atoms with Gasteiger partial charge in [0.25, 0.3) is 0 Å². The van der Waals surface area contributed by atoms with Crippen LogP contribution in [0.2, 0.25) is 0 Å². The summed E-state index contributed by atoms with van der Waals surface area (Å²) in [7, 11) is 3.24. The molecule has 2 rings (SSSR count). The van der Waals surface area contributed by atoms with E-state index in [0.717, 1.165) is 4.88 Å². The molecule has 0 aromatic carbocycles. The number of thiophene rings is 1. The number of aliphatic carboxylic acids is 1. The summed E-state index contributed by atoms with van der Waals surface area (Å²) in [4.78, 5) is 28.0. The summed E-state index contributed by atoms with van der Waals surface area (Å²) >= 11 is 1.58. The summed E-state index contributed by atoms with van der Waals surface area (Å²) in [5.41, 5.74) is 0. The van der Waals surface area contributed by atoms with E-state index in [4.69, 9.17) is 4.74 Å². The van der Waals surface area contributed by atoms with Crippen LogP contribution in [0.1, 0.15) is 24.3 Å². The van der Waals surface area contributed by atoms with Gasteiger partial charge in [0.2, 0.25) is 0 Å². The van der Waals surface area contributed by atoms with Gasteiger partial charge in [0, 0.05) is 32.0 Å². The van der Waals surface area contributed by atoms with Crippen LogP contribution in [0, 0.1) is 0 Å². The molecule has 21 heavy (non-hydrogen) atoms. The van der Waals surface area contributed by atoms with Crippen LogP contribution < -0.4 is 0 Å². The van der Waals surface area contributed by atoms with Crippen molar-refractivity contribution in [2.75, 3.05) is 20.7 Å². The Morgan fingerprint density at radius 2 is 2.29 bits per heavy atom. The molecular weight excluding hydrogens is 292 g/mol. The summed E-state index contributed by atoms with van der Waals surface area (Å²) in [5, 5.41) is 11.2. The van der Waals surface area contributed by atoms with Gasteiger partial charge in [0.05, 0.1) is 12.1 Å². The number of carboxylic acid groups (broad SMARTS) is 1. The molecule has 3 atom stereocenters. The smallest absolute Gasteiger partial charge is 0.326 e. The Morgan fingerprint density at radius 1 is 1.57 bits per heavy atom. The molecule has 0 spiro atoms. The van der Waals surface area contributed by atoms with Crippen LogP contribution in [0.25, 0.3) is 0 Å². The molecule has 1 aromatic rings. The van der Waals surface area contributed by atoms with Gasteiger partial charge in [0.1, 0.15) is 6.04 Å². The SMILES string of the molecule is COC1CC(C(=O)O)N(C(=O)N(C)C(C)c2cccs2)C1. The Labute approximate surface area is 127 Å². The zero-order valence-electron chi connectivity index (χ0n) is 12.4. The Morgan fingerprint density at radius 3 is 2.81 bits per heavy atom. The number of hydrogen-bond acceptors (Lipinski definition) is 4. The van der Waals surface area contributed by atoms with Crippen LogP contribution in [0.5, 0.6) is 0 Å². The number of carbonyl (C=O) groups is 2. The van der Waals surface area contributed by atoms with Crippen molar-refractivity contribution in [2.24, 2.45) is 0 Å². The molecule has 1 aromatic heterocycles. The third-order valence-electron chi connectivity index (χ3n) is 3.96. The highest BCUT2D eigenvalue weighted by molar-refractivity contribution is 7.10. The summed E-state index contributed by atoms with van der Waals surface area (Å²) in [6.07, 6.45) is 0.110. The van der Waals surface area contributed by atoms with Crippen LogP contribution in [-0.4, -0.2) is 59.8 Å². The fraction of sp³-hybridized carbons (Fsp3) is 0.571. The van der Waals surface area contributed by atoms with Crippen molar-refractivity contribution in [1.29, 1.82) is 0 Å². The average molecular weight is 312 g/mol. The number of urea groups is 1. The topological polar surface area (TPSA) is 70.1 Å². The molecule has 1 fully saturated rings. The molecule has 3 unspecified atom stereocenters. The minimum absolute atomic E-state index is 0.0893. The van der Waals surface area contributed by atoms with E-state index in [0.29, 0.717) is 13.0 Å². The van der Waals surface area contributed by atoms with Crippen LogP contribution >= 0.6 is 11.3 Å². The number of likely N-dealkylation sites (tertiary alicyclic amines) is 1. The second-order valence-corrected chi connectivity index (χ2v) is 6.16. The van der Waals surface area contributed by atoms with Crippen molar-refractivity contribution in [2.45, 2.75) is 31.5 Å². The fourth-order valence-electron chi connectivity index (χ4n) is 2.50. The first-order valence-corrected chi connectivity index (χ1v) is 7.66. The minimum atomic E-state index is -0.986. The first kappa shape index (κ1) is 15.8. The van der Waals surface area contributed by atoms with E-state index >= 15 is 0 Å². The fourth-order valence-corrected chi connectivity index (χ4v) is 3.33. The van der Waals surface area contributed by atoms with Crippen molar-refractivity contribution in [3.05, 3.63) is 22.4 Å². The number of ether oxygens (including phenoxy) is 1. The number of rotatable bonds is 4. The van der Waals surface area contributed by atoms with Crippen LogP contribution in [0.3, 0.4) is 0 Å². The molecule has 0 radical (unpaired) electrons. The number of methoxy groups -OCH3 is 1. The molecule has 6 nitrogen and oxygen atoms in total. The third-order valence-corrected chi connectivity index (χ3v) is 5.01. The van der Waals surface area contributed by atoms with Gasteiger partial charge in [-0.15, -0.1) is 11.3 Å². The van der Waals surface area contributed by atoms with E-state index in [1.54, 1.807) is 23.3 Å². The van der Waals surface area contributed by atoms with E-state index in [1.165, 1.54) is 12.0 Å². The van der Waals surface area contributed by atoms with Crippen molar-refractivity contribution in [3.63, 3.8) is 0 Å². The number of carboxylic acids is 1. The Kier molecular flexibility index (Phi) is 4.84. The van der Waals surface area contributed by atoms with E-state index in [2.05, 4.69) is 0 Å². The molecule has 2 amide bonds. The summed E-state index contributed by atoms with van der Waals surface area (Å²) in [5.74, 6) is -0.986. The van der Waals surface area contributed by atoms with Gasteiger partial charge in [0.15, 0.2) is 0 Å². The number of nitrogens with zero attached hydrogens (tertiary/aromatic N) is 2. The van der Waals surface area contributed by atoms with Crippen molar-refractivity contribution in [3.8, 4) is 0 Å². The molecule has 1 saturated heterocycles. The van der Waals surface area contributed by atoms with Gasteiger partial charge >= 0.3 is 12.0 Å². The molecular formula is C14H20N2O4S. The van der Waals surface area contributed by atoms with E-state index in [1.807, 2.05) is 24.4 Å². The predicted molar refractivity (Wildman–Crippen MR) is 79.4 cm³/mol. The van der Waals surface area contributed by atoms with Gasteiger partial charge in [-0.05, 0) is 18.4 Å². The lowest BCUT2D eigenvalue weighted by Gasteiger charge is -2.31. The lowest BCUT2D eigenvalue weighted by atomic mass is 10.2. The van der Waals surface area contributed by atoms with E-state index in [-0.39, 0.29) is 18.2 Å². The normalized spacial score (nSPS) is 23.1. The molecule has 0 aliphatic carbocycles. The average Bonchev–Trinajstić information content (AvgIpc) is 3.13. The largest absolute Gasteiger partial charge is 0.480 e. The van der Waals surface area contributed by atoms with E-state index in [9.17, 15) is 14.7 Å². The van der Waals surface area contributed by atoms with E-state index < -0.39 is 12.0 Å². The van der Waals surface area contributed by atoms with Gasteiger partial charge in [-0.2, -0.15) is 0 Å². The lowest BCUT2D eigenvalue weighted by molar-refractivity contribution is -0.141. The summed E-state index contributed by atoms with van der Waals surface area (Å²) in [6.45, 7) is 2.25. The Hall–Kier alpha value is -1.60. The first-order valence-electron chi connectivity index (χ1n) is 6.78. The lowest BCUT2D eigenvalue weighted by Crippen LogP contribution is -2.47. The molecule has 1 aliphatic rings. The van der Waals surface area contributed by atoms with Gasteiger partial charge < -0.3 is 19.6 Å². The summed E-state index contributed by atoms with van der Waals surface area (Å²) < 4.78 is 5.21. The van der Waals surface area contributed by atoms with Crippen molar-refractivity contribution in [1.82, 2.24) is 9.80 Å². The van der Waals surface area contributed by atoms with Gasteiger partial charge in [-0.1, -0.05) is 6.07 Å². The standard InChI is InChI=1S/C14H20N2O4S/c1-9(12-5-4-6-21-12)15(2)14(19)16-8-10(20-3)7-11(16)13(17)18/h4-6,9-11H,7-8H2,1-3H3,(H,17,18). The molecule has 1 aliphatic heterocycles. The maximum atomic E-state index is 12.6. The molecule has 7 heteroatoms. The van der Waals surface area contributed by atoms with Gasteiger partial charge in [-0.25, -0.2) is 9.59 Å². The second-order valence-electron chi connectivity index (χ2n) is 5.18. The number of amides is 2. The monoisotopic (exact) mass is 312 g/mol. The maximum absolute atomic E-state index is 12.6. The first-order chi connectivity index (χ1) is 9.95. The van der Waals surface area contributed by atoms with Crippen molar-refractivity contribution >= 4 is 23.3 Å². The molecule has 116 valence electrons. The number of carbonyl (C=O) groups excluding carboxylic acids is 1. The molecule has 0 saturated carbocycles. The van der Waals surface area contributed by atoms with Crippen LogP contribution in [0.15, 0.2) is 17.5 Å². The zero-order chi connectivity index (χ0) is 15.6. The zero-order valence-corrected chi connectivity index (χ0v) is 13.2. The maximum Gasteiger partial charge on any atom is 0.326 e. The third kappa shape index (κ3) is 3.19. The molecule has 1 N–H and O–H groups in total. The Balaban J connectivity index is 2.12. The highest BCUT2D eigenvalue weighted by atomic mass is 32.1. The van der Waals surface area contributed by atoms with Crippen LogP contribution in [0.4, 0.5) is 4.79 Å². The Bertz CT molecular complexity index is 505. The second kappa shape index (κ2) is 6.44. The molecule has 0 bridgehead atoms. The summed E-state index contributed by atoms with van der Waals surface area (Å²) in [6, 6.07) is 2.72. The van der Waals surface area contributed by atoms with Crippen molar-refractivity contribution < 1.29 is 19.4 Å². The highest BCUT2D eigenvalue weighted by Gasteiger charge is 2.41.